The van der Waals surface area contributed by atoms with Gasteiger partial charge < -0.3 is 4.74 Å². The molecular weight excluding hydrogens is 246 g/mol. The highest BCUT2D eigenvalue weighted by Gasteiger charge is 2.10. The molecule has 0 saturated heterocycles. The lowest BCUT2D eigenvalue weighted by Crippen LogP contribution is -2.13. The maximum absolute atomic E-state index is 11.9. The molecule has 2 rings (SSSR count). The topological polar surface area (TPSA) is 81.9 Å². The summed E-state index contributed by atoms with van der Waals surface area (Å²) in [5.41, 5.74) is 0.458. The maximum atomic E-state index is 11.9. The summed E-state index contributed by atoms with van der Waals surface area (Å²) in [5, 5.41) is 14.0. The summed E-state index contributed by atoms with van der Waals surface area (Å²) in [6.45, 7) is 4.00. The van der Waals surface area contributed by atoms with Crippen LogP contribution in [0.5, 0.6) is 5.75 Å². The number of methoxy groups -OCH3 is 1. The summed E-state index contributed by atoms with van der Waals surface area (Å²) >= 11 is 0. The van der Waals surface area contributed by atoms with Gasteiger partial charge in [-0.3, -0.25) is 10.1 Å². The predicted molar refractivity (Wildman–Crippen MR) is 69.0 cm³/mol. The molecule has 0 atom stereocenters. The lowest BCUT2D eigenvalue weighted by molar-refractivity contribution is 0.102. The maximum Gasteiger partial charge on any atom is 0.270 e. The third-order valence-corrected chi connectivity index (χ3v) is 2.30. The normalized spacial score (nSPS) is 9.95. The van der Waals surface area contributed by atoms with E-state index in [4.69, 9.17) is 4.74 Å². The predicted octanol–water partition coefficient (Wildman–Crippen LogP) is 1.12. The molecule has 0 bridgehead atoms. The summed E-state index contributed by atoms with van der Waals surface area (Å²) in [6, 6.07) is 6.79. The van der Waals surface area contributed by atoms with Crippen LogP contribution in [0.2, 0.25) is 0 Å². The molecule has 1 N–H and O–H groups in total. The molecule has 1 aromatic heterocycles. The molecule has 7 nitrogen and oxygen atoms in total. The number of benzene rings is 1. The van der Waals surface area contributed by atoms with E-state index >= 15 is 0 Å². The fourth-order valence-electron chi connectivity index (χ4n) is 1.42. The van der Waals surface area contributed by atoms with Gasteiger partial charge in [-0.2, -0.15) is 4.80 Å². The van der Waals surface area contributed by atoms with Crippen molar-refractivity contribution in [1.82, 2.24) is 20.2 Å². The van der Waals surface area contributed by atoms with Gasteiger partial charge in [-0.25, -0.2) is 0 Å². The molecule has 0 radical (unpaired) electrons. The van der Waals surface area contributed by atoms with Crippen LogP contribution in [-0.4, -0.2) is 33.2 Å². The lowest BCUT2D eigenvalue weighted by Gasteiger charge is -2.03. The Balaban J connectivity index is 2.08. The van der Waals surface area contributed by atoms with Crippen LogP contribution in [0, 0.1) is 0 Å². The Morgan fingerprint density at radius 2 is 2.42 bits per heavy atom. The van der Waals surface area contributed by atoms with E-state index in [2.05, 4.69) is 27.3 Å². The third-order valence-electron chi connectivity index (χ3n) is 2.30. The summed E-state index contributed by atoms with van der Waals surface area (Å²) in [4.78, 5) is 13.3. The number of ether oxygens (including phenoxy) is 1. The first-order valence-corrected chi connectivity index (χ1v) is 5.57. The van der Waals surface area contributed by atoms with Crippen molar-refractivity contribution in [3.05, 3.63) is 42.5 Å². The largest absolute Gasteiger partial charge is 0.497 e. The standard InChI is InChI=1S/C12H13N5O2/c1-3-7-17-15-12(14-16-17)13-11(18)9-5-4-6-10(8-9)19-2/h3-6,8H,1,7H2,2H3,(H,13,15,18). The zero-order valence-electron chi connectivity index (χ0n) is 10.4. The number of allylic oxidation sites excluding steroid dienone is 1. The highest BCUT2D eigenvalue weighted by Crippen LogP contribution is 2.13. The minimum atomic E-state index is -0.322. The minimum absolute atomic E-state index is 0.148. The van der Waals surface area contributed by atoms with Crippen molar-refractivity contribution in [1.29, 1.82) is 0 Å². The highest BCUT2D eigenvalue weighted by atomic mass is 16.5. The first-order chi connectivity index (χ1) is 9.22. The van der Waals surface area contributed by atoms with Gasteiger partial charge in [-0.1, -0.05) is 17.2 Å². The van der Waals surface area contributed by atoms with E-state index in [1.807, 2.05) is 0 Å². The van der Waals surface area contributed by atoms with E-state index in [0.29, 0.717) is 17.9 Å². The van der Waals surface area contributed by atoms with E-state index in [9.17, 15) is 4.79 Å². The number of nitrogens with zero attached hydrogens (tertiary/aromatic N) is 4. The van der Waals surface area contributed by atoms with Gasteiger partial charge in [0.2, 0.25) is 0 Å². The molecule has 1 aromatic carbocycles. The summed E-state index contributed by atoms with van der Waals surface area (Å²) in [5.74, 6) is 0.433. The Kier molecular flexibility index (Phi) is 3.87. The van der Waals surface area contributed by atoms with Crippen LogP contribution in [0.15, 0.2) is 36.9 Å². The van der Waals surface area contributed by atoms with Crippen LogP contribution in [0.1, 0.15) is 10.4 Å². The van der Waals surface area contributed by atoms with Crippen molar-refractivity contribution >= 4 is 11.9 Å². The van der Waals surface area contributed by atoms with Crippen LogP contribution in [-0.2, 0) is 6.54 Å². The van der Waals surface area contributed by atoms with Crippen LogP contribution < -0.4 is 10.1 Å². The Morgan fingerprint density at radius 3 is 3.16 bits per heavy atom. The van der Waals surface area contributed by atoms with Gasteiger partial charge in [-0.15, -0.1) is 11.7 Å². The van der Waals surface area contributed by atoms with Crippen molar-refractivity contribution < 1.29 is 9.53 Å². The fraction of sp³-hybridized carbons (Fsp3) is 0.167. The van der Waals surface area contributed by atoms with Crippen molar-refractivity contribution in [2.24, 2.45) is 0 Å². The first-order valence-electron chi connectivity index (χ1n) is 5.57. The number of amides is 1. The molecule has 2 aromatic rings. The van der Waals surface area contributed by atoms with Crippen molar-refractivity contribution in [2.75, 3.05) is 12.4 Å². The van der Waals surface area contributed by atoms with E-state index in [-0.39, 0.29) is 11.9 Å². The molecule has 0 saturated carbocycles. The molecule has 0 unspecified atom stereocenters. The minimum Gasteiger partial charge on any atom is -0.497 e. The Hall–Kier alpha value is -2.70. The number of anilines is 1. The molecule has 19 heavy (non-hydrogen) atoms. The van der Waals surface area contributed by atoms with Crippen LogP contribution >= 0.6 is 0 Å². The van der Waals surface area contributed by atoms with E-state index in [1.165, 1.54) is 4.80 Å². The number of carbonyl (C=O) groups excluding carboxylic acids is 1. The number of carbonyl (C=O) groups is 1. The molecule has 7 heteroatoms. The zero-order valence-corrected chi connectivity index (χ0v) is 10.4. The lowest BCUT2D eigenvalue weighted by atomic mass is 10.2. The van der Waals surface area contributed by atoms with Crippen LogP contribution in [0.3, 0.4) is 0 Å². The molecule has 0 aliphatic rings. The number of nitrogens with one attached hydrogen (secondary N) is 1. The molecule has 98 valence electrons. The van der Waals surface area contributed by atoms with Gasteiger partial charge in [0.1, 0.15) is 5.75 Å². The molecule has 1 amide bonds. The number of rotatable bonds is 5. The monoisotopic (exact) mass is 259 g/mol. The Morgan fingerprint density at radius 1 is 1.58 bits per heavy atom. The Labute approximate surface area is 109 Å². The third kappa shape index (κ3) is 3.15. The summed E-state index contributed by atoms with van der Waals surface area (Å²) in [6.07, 6.45) is 1.63. The quantitative estimate of drug-likeness (QED) is 0.814. The van der Waals surface area contributed by atoms with E-state index < -0.39 is 0 Å². The zero-order chi connectivity index (χ0) is 13.7. The molecule has 0 aliphatic carbocycles. The number of aromatic nitrogens is 4. The first kappa shape index (κ1) is 12.7. The van der Waals surface area contributed by atoms with Crippen molar-refractivity contribution in [3.63, 3.8) is 0 Å². The van der Waals surface area contributed by atoms with Crippen LogP contribution in [0.25, 0.3) is 0 Å². The van der Waals surface area contributed by atoms with Gasteiger partial charge in [0.05, 0.1) is 13.7 Å². The molecular formula is C12H13N5O2. The van der Waals surface area contributed by atoms with Gasteiger partial charge in [0.25, 0.3) is 11.9 Å². The van der Waals surface area contributed by atoms with Gasteiger partial charge in [-0.05, 0) is 23.4 Å². The van der Waals surface area contributed by atoms with Gasteiger partial charge >= 0.3 is 0 Å². The molecule has 0 aliphatic heterocycles. The second kappa shape index (κ2) is 5.76. The fourth-order valence-corrected chi connectivity index (χ4v) is 1.42. The van der Waals surface area contributed by atoms with Crippen LogP contribution in [0.4, 0.5) is 5.95 Å². The second-order valence-electron chi connectivity index (χ2n) is 3.64. The smallest absolute Gasteiger partial charge is 0.270 e. The molecule has 1 heterocycles. The van der Waals surface area contributed by atoms with E-state index in [0.717, 1.165) is 0 Å². The SMILES string of the molecule is C=CCn1nnc(NC(=O)c2cccc(OC)c2)n1. The molecule has 0 spiro atoms. The molecule has 0 fully saturated rings. The van der Waals surface area contributed by atoms with Crippen molar-refractivity contribution in [3.8, 4) is 5.75 Å². The van der Waals surface area contributed by atoms with Gasteiger partial charge in [0.15, 0.2) is 0 Å². The second-order valence-corrected chi connectivity index (χ2v) is 3.64. The summed E-state index contributed by atoms with van der Waals surface area (Å²) in [7, 11) is 1.54. The number of hydrogen-bond donors (Lipinski definition) is 1. The van der Waals surface area contributed by atoms with E-state index in [1.54, 1.807) is 37.5 Å². The average molecular weight is 259 g/mol. The van der Waals surface area contributed by atoms with Crippen molar-refractivity contribution in [2.45, 2.75) is 6.54 Å². The summed E-state index contributed by atoms with van der Waals surface area (Å²) < 4.78 is 5.05. The highest BCUT2D eigenvalue weighted by molar-refractivity contribution is 6.03. The Bertz CT molecular complexity index is 593. The number of tetrazole rings is 1. The number of hydrogen-bond acceptors (Lipinski definition) is 5. The average Bonchev–Trinajstić information content (AvgIpc) is 2.86. The van der Waals surface area contributed by atoms with Gasteiger partial charge in [0, 0.05) is 5.56 Å².